The van der Waals surface area contributed by atoms with Crippen LogP contribution in [0.4, 0.5) is 23.5 Å². The van der Waals surface area contributed by atoms with E-state index < -0.39 is 31.0 Å². The molecule has 196 valence electrons. The molecule has 37 heavy (non-hydrogen) atoms. The van der Waals surface area contributed by atoms with E-state index in [2.05, 4.69) is 25.7 Å². The normalized spacial score (nSPS) is 22.7. The Bertz CT molecular complexity index is 1490. The van der Waals surface area contributed by atoms with Crippen LogP contribution in [0.2, 0.25) is 0 Å². The summed E-state index contributed by atoms with van der Waals surface area (Å²) in [5.74, 6) is 0.391. The number of aromatic nitrogens is 6. The Morgan fingerprint density at radius 3 is 2.81 bits per heavy atom. The lowest BCUT2D eigenvalue weighted by molar-refractivity contribution is -0.142. The predicted octanol–water partition coefficient (Wildman–Crippen LogP) is 2.94. The molecule has 4 aromatic rings. The molecule has 3 aromatic heterocycles. The van der Waals surface area contributed by atoms with Gasteiger partial charge in [0.1, 0.15) is 23.7 Å². The highest BCUT2D eigenvalue weighted by Crippen LogP contribution is 2.33. The molecule has 0 unspecified atom stereocenters. The average molecular weight is 521 g/mol. The lowest BCUT2D eigenvalue weighted by Gasteiger charge is -2.42. The van der Waals surface area contributed by atoms with Crippen molar-refractivity contribution in [2.75, 3.05) is 38.7 Å². The quantitative estimate of drug-likeness (QED) is 0.387. The van der Waals surface area contributed by atoms with Crippen LogP contribution in [-0.4, -0.2) is 92.3 Å². The van der Waals surface area contributed by atoms with Gasteiger partial charge in [0.25, 0.3) is 0 Å². The van der Waals surface area contributed by atoms with Gasteiger partial charge in [-0.25, -0.2) is 13.6 Å². The standard InChI is InChI=1S/C23H24F4N8O2/c1-36-21-20-15(13-2-3-18-19(8-13)35(32-30-18)12-23(25,26)27)4-7-34(20)31-22(29-21)28-17-5-6-33(9-16(17)24)14-10-37-11-14/h2-4,7-8,14,16-17H,5-6,9-12H2,1H3,(H,28,31)/t16-,17+/m0/s1/i14D. The van der Waals surface area contributed by atoms with E-state index in [1.165, 1.54) is 11.6 Å². The highest BCUT2D eigenvalue weighted by molar-refractivity contribution is 5.89. The Morgan fingerprint density at radius 1 is 1.27 bits per heavy atom. The third kappa shape index (κ3) is 4.55. The largest absolute Gasteiger partial charge is 0.479 e. The Balaban J connectivity index is 1.28. The Hall–Kier alpha value is -3.52. The van der Waals surface area contributed by atoms with Gasteiger partial charge in [-0.3, -0.25) is 4.90 Å². The lowest BCUT2D eigenvalue weighted by Crippen LogP contribution is -2.57. The van der Waals surface area contributed by atoms with Gasteiger partial charge >= 0.3 is 6.18 Å². The second-order valence-electron chi connectivity index (χ2n) is 9.09. The molecular weight excluding hydrogens is 496 g/mol. The van der Waals surface area contributed by atoms with Crippen molar-refractivity contribution < 1.29 is 28.4 Å². The second kappa shape index (κ2) is 9.10. The molecule has 5 heterocycles. The van der Waals surface area contributed by atoms with Crippen LogP contribution >= 0.6 is 0 Å². The van der Waals surface area contributed by atoms with E-state index in [-0.39, 0.29) is 37.1 Å². The molecule has 0 saturated carbocycles. The number of rotatable bonds is 6. The zero-order valence-electron chi connectivity index (χ0n) is 20.7. The molecule has 2 aliphatic rings. The summed E-state index contributed by atoms with van der Waals surface area (Å²) < 4.78 is 75.3. The van der Waals surface area contributed by atoms with Gasteiger partial charge in [0.15, 0.2) is 0 Å². The Morgan fingerprint density at radius 2 is 2.11 bits per heavy atom. The first-order valence-electron chi connectivity index (χ1n) is 12.2. The van der Waals surface area contributed by atoms with E-state index in [0.717, 1.165) is 4.68 Å². The fourth-order valence-electron chi connectivity index (χ4n) is 4.74. The van der Waals surface area contributed by atoms with Crippen molar-refractivity contribution in [2.24, 2.45) is 0 Å². The number of piperidine rings is 1. The molecule has 1 aromatic carbocycles. The van der Waals surface area contributed by atoms with Gasteiger partial charge in [-0.2, -0.15) is 18.2 Å². The molecule has 10 nitrogen and oxygen atoms in total. The van der Waals surface area contributed by atoms with Crippen LogP contribution in [-0.2, 0) is 11.3 Å². The molecule has 14 heteroatoms. The van der Waals surface area contributed by atoms with Gasteiger partial charge in [0.2, 0.25) is 11.8 Å². The monoisotopic (exact) mass is 521 g/mol. The molecule has 2 saturated heterocycles. The maximum absolute atomic E-state index is 15.0. The van der Waals surface area contributed by atoms with Gasteiger partial charge in [-0.1, -0.05) is 11.3 Å². The van der Waals surface area contributed by atoms with Gasteiger partial charge in [-0.15, -0.1) is 10.2 Å². The Labute approximate surface area is 209 Å². The molecule has 0 aliphatic carbocycles. The number of anilines is 1. The molecule has 2 aliphatic heterocycles. The van der Waals surface area contributed by atoms with E-state index in [4.69, 9.17) is 10.8 Å². The number of alkyl halides is 4. The summed E-state index contributed by atoms with van der Waals surface area (Å²) in [4.78, 5) is 6.24. The van der Waals surface area contributed by atoms with Crippen molar-refractivity contribution in [3.63, 3.8) is 0 Å². The number of hydrogen-bond acceptors (Lipinski definition) is 8. The van der Waals surface area contributed by atoms with Crippen LogP contribution in [0.5, 0.6) is 5.88 Å². The second-order valence-corrected chi connectivity index (χ2v) is 9.09. The van der Waals surface area contributed by atoms with Crippen LogP contribution < -0.4 is 10.1 Å². The smallest absolute Gasteiger partial charge is 0.408 e. The van der Waals surface area contributed by atoms with Gasteiger partial charge in [0, 0.05) is 24.8 Å². The number of likely N-dealkylation sites (tertiary alicyclic amines) is 1. The van der Waals surface area contributed by atoms with E-state index in [1.54, 1.807) is 35.4 Å². The van der Waals surface area contributed by atoms with Crippen molar-refractivity contribution in [2.45, 2.75) is 37.4 Å². The van der Waals surface area contributed by atoms with Gasteiger partial charge in [-0.05, 0) is 30.2 Å². The predicted molar refractivity (Wildman–Crippen MR) is 125 cm³/mol. The third-order valence-electron chi connectivity index (χ3n) is 6.67. The molecule has 0 bridgehead atoms. The van der Waals surface area contributed by atoms with E-state index in [9.17, 15) is 13.2 Å². The van der Waals surface area contributed by atoms with Crippen LogP contribution in [0.15, 0.2) is 30.5 Å². The molecule has 1 N–H and O–H groups in total. The lowest BCUT2D eigenvalue weighted by atomic mass is 10.0. The SMILES string of the molecule is [2H]C1(N2CC[C@@H](Nc3nc(OC)c4c(-c5ccc6nnn(CC(F)(F)F)c6c5)ccn4n3)[C@@H](F)C2)COC1. The van der Waals surface area contributed by atoms with Gasteiger partial charge < -0.3 is 14.8 Å². The average Bonchev–Trinajstić information content (AvgIpc) is 3.46. The molecule has 0 radical (unpaired) electrons. The van der Waals surface area contributed by atoms with Crippen LogP contribution in [0.1, 0.15) is 7.79 Å². The summed E-state index contributed by atoms with van der Waals surface area (Å²) >= 11 is 0. The summed E-state index contributed by atoms with van der Waals surface area (Å²) in [6, 6.07) is 5.25. The number of hydrogen-bond donors (Lipinski definition) is 1. The number of halogens is 4. The number of nitrogens with zero attached hydrogens (tertiary/aromatic N) is 7. The minimum Gasteiger partial charge on any atom is -0.479 e. The topological polar surface area (TPSA) is 94.6 Å². The van der Waals surface area contributed by atoms with E-state index in [1.807, 2.05) is 0 Å². The summed E-state index contributed by atoms with van der Waals surface area (Å²) in [7, 11) is 1.44. The number of benzene rings is 1. The number of fused-ring (bicyclic) bond motifs is 2. The Kier molecular flexibility index (Phi) is 5.57. The first kappa shape index (κ1) is 22.7. The first-order valence-corrected chi connectivity index (χ1v) is 11.7. The minimum atomic E-state index is -4.44. The van der Waals surface area contributed by atoms with E-state index in [0.29, 0.717) is 35.1 Å². The summed E-state index contributed by atoms with van der Waals surface area (Å²) in [5, 5.41) is 15.0. The van der Waals surface area contributed by atoms with Crippen molar-refractivity contribution in [1.29, 1.82) is 0 Å². The fraction of sp³-hybridized carbons (Fsp3) is 0.478. The van der Waals surface area contributed by atoms with Crippen molar-refractivity contribution in [3.05, 3.63) is 30.5 Å². The van der Waals surface area contributed by atoms with Crippen LogP contribution in [0.3, 0.4) is 0 Å². The molecule has 6 rings (SSSR count). The van der Waals surface area contributed by atoms with Crippen molar-refractivity contribution >= 4 is 22.5 Å². The zero-order valence-corrected chi connectivity index (χ0v) is 19.7. The first-order chi connectivity index (χ1) is 18.1. The van der Waals surface area contributed by atoms with Crippen molar-refractivity contribution in [3.8, 4) is 17.0 Å². The summed E-state index contributed by atoms with van der Waals surface area (Å²) in [6.45, 7) is -0.0478. The zero-order chi connectivity index (χ0) is 26.7. The van der Waals surface area contributed by atoms with E-state index >= 15 is 4.39 Å². The molecular formula is C23H24F4N8O2. The molecule has 2 fully saturated rings. The summed E-state index contributed by atoms with van der Waals surface area (Å²) in [5.41, 5.74) is 2.31. The van der Waals surface area contributed by atoms with Crippen molar-refractivity contribution in [1.82, 2.24) is 34.5 Å². The van der Waals surface area contributed by atoms with Crippen LogP contribution in [0.25, 0.3) is 27.7 Å². The molecule has 0 spiro atoms. The minimum absolute atomic E-state index is 0.111. The molecule has 0 amide bonds. The fourth-order valence-corrected chi connectivity index (χ4v) is 4.74. The number of ether oxygens (including phenoxy) is 2. The highest BCUT2D eigenvalue weighted by atomic mass is 19.4. The van der Waals surface area contributed by atoms with Gasteiger partial charge in [0.05, 0.1) is 39.3 Å². The number of nitrogens with one attached hydrogen (secondary N) is 1. The third-order valence-corrected chi connectivity index (χ3v) is 6.67. The number of methoxy groups -OCH3 is 1. The summed E-state index contributed by atoms with van der Waals surface area (Å²) in [6.07, 6.45) is -3.55. The molecule has 2 atom stereocenters. The maximum atomic E-state index is 15.0. The maximum Gasteiger partial charge on any atom is 0.408 e. The van der Waals surface area contributed by atoms with Crippen LogP contribution in [0, 0.1) is 0 Å². The highest BCUT2D eigenvalue weighted by Gasteiger charge is 2.36.